The smallest absolute Gasteiger partial charge is 0.335 e. The lowest BCUT2D eigenvalue weighted by Crippen LogP contribution is -2.41. The number of carboxylic acid groups (broad SMARTS) is 1. The number of carbonyl (C=O) groups excluding carboxylic acids is 1. The van der Waals surface area contributed by atoms with Gasteiger partial charge in [-0.15, -0.1) is 0 Å². The molecule has 1 aromatic rings. The number of hydrogen-bond acceptors (Lipinski definition) is 3. The van der Waals surface area contributed by atoms with Crippen LogP contribution in [-0.4, -0.2) is 48.2 Å². The maximum absolute atomic E-state index is 12.6. The molecule has 6 nitrogen and oxygen atoms in total. The third-order valence-corrected chi connectivity index (χ3v) is 4.34. The molecule has 3 rings (SSSR count). The van der Waals surface area contributed by atoms with Gasteiger partial charge in [-0.25, -0.2) is 9.59 Å². The number of nitrogens with two attached hydrogens (primary N) is 1. The van der Waals surface area contributed by atoms with Gasteiger partial charge < -0.3 is 15.7 Å². The van der Waals surface area contributed by atoms with Crippen LogP contribution in [-0.2, 0) is 6.42 Å². The van der Waals surface area contributed by atoms with Crippen molar-refractivity contribution in [2.45, 2.75) is 12.8 Å². The van der Waals surface area contributed by atoms with Crippen LogP contribution in [0.15, 0.2) is 18.2 Å². The average Bonchev–Trinajstić information content (AvgIpc) is 3.12. The van der Waals surface area contributed by atoms with Crippen molar-refractivity contribution in [3.05, 3.63) is 29.3 Å². The molecule has 2 aliphatic rings. The van der Waals surface area contributed by atoms with Crippen molar-refractivity contribution in [2.75, 3.05) is 31.1 Å². The lowest BCUT2D eigenvalue weighted by molar-refractivity contribution is 0.0697. The number of urea groups is 1. The van der Waals surface area contributed by atoms with Crippen molar-refractivity contribution >= 4 is 17.7 Å². The number of rotatable bonds is 2. The zero-order chi connectivity index (χ0) is 15.0. The summed E-state index contributed by atoms with van der Waals surface area (Å²) < 4.78 is 0. The number of nitrogens with zero attached hydrogens (tertiary/aromatic N) is 2. The van der Waals surface area contributed by atoms with Gasteiger partial charge in [-0.1, -0.05) is 0 Å². The molecule has 3 N–H and O–H groups in total. The average molecular weight is 289 g/mol. The Balaban J connectivity index is 1.78. The van der Waals surface area contributed by atoms with Gasteiger partial charge in [0.25, 0.3) is 0 Å². The summed E-state index contributed by atoms with van der Waals surface area (Å²) in [6.07, 6.45) is 1.66. The molecule has 0 radical (unpaired) electrons. The molecule has 0 spiro atoms. The minimum atomic E-state index is -0.937. The van der Waals surface area contributed by atoms with E-state index in [1.165, 1.54) is 0 Å². The van der Waals surface area contributed by atoms with Gasteiger partial charge in [-0.2, -0.15) is 0 Å². The standard InChI is InChI=1S/C15H19N3O3/c16-8-10-3-5-17(9-10)15(21)18-6-4-11-7-12(14(19)20)1-2-13(11)18/h1-2,7,10H,3-6,8-9,16H2,(H,19,20). The monoisotopic (exact) mass is 289 g/mol. The number of aromatic carboxylic acids is 1. The van der Waals surface area contributed by atoms with Gasteiger partial charge in [0.15, 0.2) is 0 Å². The van der Waals surface area contributed by atoms with E-state index in [-0.39, 0.29) is 11.6 Å². The number of fused-ring (bicyclic) bond motifs is 1. The Bertz CT molecular complexity index is 588. The van der Waals surface area contributed by atoms with E-state index in [1.807, 2.05) is 4.90 Å². The van der Waals surface area contributed by atoms with Crippen LogP contribution in [0.1, 0.15) is 22.3 Å². The third kappa shape index (κ3) is 2.47. The highest BCUT2D eigenvalue weighted by Crippen LogP contribution is 2.30. The van der Waals surface area contributed by atoms with E-state index < -0.39 is 5.97 Å². The van der Waals surface area contributed by atoms with Crippen molar-refractivity contribution in [1.29, 1.82) is 0 Å². The quantitative estimate of drug-likeness (QED) is 0.855. The Labute approximate surface area is 123 Å². The number of anilines is 1. The van der Waals surface area contributed by atoms with Crippen molar-refractivity contribution in [2.24, 2.45) is 11.7 Å². The van der Waals surface area contributed by atoms with Gasteiger partial charge in [0, 0.05) is 25.3 Å². The highest BCUT2D eigenvalue weighted by Gasteiger charge is 2.32. The lowest BCUT2D eigenvalue weighted by Gasteiger charge is -2.25. The Hall–Kier alpha value is -2.08. The van der Waals surface area contributed by atoms with Crippen LogP contribution in [0.25, 0.3) is 0 Å². The predicted octanol–water partition coefficient (Wildman–Crippen LogP) is 1.15. The summed E-state index contributed by atoms with van der Waals surface area (Å²) >= 11 is 0. The van der Waals surface area contributed by atoms with Crippen molar-refractivity contribution in [3.63, 3.8) is 0 Å². The van der Waals surface area contributed by atoms with Gasteiger partial charge in [-0.05, 0) is 49.1 Å². The molecule has 1 saturated heterocycles. The second kappa shape index (κ2) is 5.37. The molecule has 2 heterocycles. The molecule has 6 heteroatoms. The zero-order valence-corrected chi connectivity index (χ0v) is 11.8. The molecule has 112 valence electrons. The van der Waals surface area contributed by atoms with E-state index in [9.17, 15) is 9.59 Å². The fourth-order valence-electron chi connectivity index (χ4n) is 3.10. The van der Waals surface area contributed by atoms with Crippen LogP contribution in [0.2, 0.25) is 0 Å². The normalized spacial score (nSPS) is 20.7. The second-order valence-electron chi connectivity index (χ2n) is 5.67. The summed E-state index contributed by atoms with van der Waals surface area (Å²) in [6, 6.07) is 4.96. The number of carboxylic acids is 1. The van der Waals surface area contributed by atoms with E-state index in [1.54, 1.807) is 23.1 Å². The molecule has 2 aliphatic heterocycles. The highest BCUT2D eigenvalue weighted by atomic mass is 16.4. The third-order valence-electron chi connectivity index (χ3n) is 4.34. The van der Waals surface area contributed by atoms with Crippen LogP contribution in [0, 0.1) is 5.92 Å². The van der Waals surface area contributed by atoms with Gasteiger partial charge >= 0.3 is 12.0 Å². The fraction of sp³-hybridized carbons (Fsp3) is 0.467. The zero-order valence-electron chi connectivity index (χ0n) is 11.8. The number of carbonyl (C=O) groups is 2. The predicted molar refractivity (Wildman–Crippen MR) is 78.6 cm³/mol. The minimum absolute atomic E-state index is 0.00720. The first-order valence-electron chi connectivity index (χ1n) is 7.23. The Kier molecular flexibility index (Phi) is 3.55. The molecule has 0 saturated carbocycles. The van der Waals surface area contributed by atoms with Crippen LogP contribution in [0.3, 0.4) is 0 Å². The van der Waals surface area contributed by atoms with Crippen molar-refractivity contribution < 1.29 is 14.7 Å². The molecule has 0 bridgehead atoms. The Morgan fingerprint density at radius 2 is 2.14 bits per heavy atom. The molecular formula is C15H19N3O3. The fourth-order valence-corrected chi connectivity index (χ4v) is 3.10. The Morgan fingerprint density at radius 3 is 2.81 bits per heavy atom. The van der Waals surface area contributed by atoms with E-state index in [0.717, 1.165) is 24.2 Å². The van der Waals surface area contributed by atoms with Gasteiger partial charge in [0.05, 0.1) is 5.56 Å². The summed E-state index contributed by atoms with van der Waals surface area (Å²) in [5, 5.41) is 9.02. The first kappa shape index (κ1) is 13.9. The van der Waals surface area contributed by atoms with Crippen molar-refractivity contribution in [1.82, 2.24) is 4.90 Å². The summed E-state index contributed by atoms with van der Waals surface area (Å²) in [6.45, 7) is 2.69. The highest BCUT2D eigenvalue weighted by molar-refractivity contribution is 5.96. The first-order valence-corrected chi connectivity index (χ1v) is 7.23. The van der Waals surface area contributed by atoms with Crippen LogP contribution in [0.4, 0.5) is 10.5 Å². The van der Waals surface area contributed by atoms with Gasteiger partial charge in [-0.3, -0.25) is 4.90 Å². The lowest BCUT2D eigenvalue weighted by atomic mass is 10.1. The van der Waals surface area contributed by atoms with Crippen LogP contribution in [0.5, 0.6) is 0 Å². The first-order chi connectivity index (χ1) is 10.1. The van der Waals surface area contributed by atoms with Gasteiger partial charge in [0.2, 0.25) is 0 Å². The van der Waals surface area contributed by atoms with E-state index in [0.29, 0.717) is 32.0 Å². The van der Waals surface area contributed by atoms with Crippen molar-refractivity contribution in [3.8, 4) is 0 Å². The molecular weight excluding hydrogens is 270 g/mol. The maximum atomic E-state index is 12.6. The number of amides is 2. The largest absolute Gasteiger partial charge is 0.478 e. The molecule has 1 aromatic carbocycles. The topological polar surface area (TPSA) is 86.9 Å². The summed E-state index contributed by atoms with van der Waals surface area (Å²) in [4.78, 5) is 27.2. The summed E-state index contributed by atoms with van der Waals surface area (Å²) in [5.41, 5.74) is 7.70. The van der Waals surface area contributed by atoms with E-state index in [4.69, 9.17) is 10.8 Å². The minimum Gasteiger partial charge on any atom is -0.478 e. The van der Waals surface area contributed by atoms with Gasteiger partial charge in [0.1, 0.15) is 0 Å². The van der Waals surface area contributed by atoms with Crippen LogP contribution < -0.4 is 10.6 Å². The molecule has 0 aliphatic carbocycles. The maximum Gasteiger partial charge on any atom is 0.335 e. The number of likely N-dealkylation sites (tertiary alicyclic amines) is 1. The molecule has 1 fully saturated rings. The molecule has 1 unspecified atom stereocenters. The Morgan fingerprint density at radius 1 is 1.33 bits per heavy atom. The van der Waals surface area contributed by atoms with Crippen LogP contribution >= 0.6 is 0 Å². The second-order valence-corrected chi connectivity index (χ2v) is 5.67. The summed E-state index contributed by atoms with van der Waals surface area (Å²) in [7, 11) is 0. The molecule has 21 heavy (non-hydrogen) atoms. The van der Waals surface area contributed by atoms with E-state index in [2.05, 4.69) is 0 Å². The number of benzene rings is 1. The SMILES string of the molecule is NCC1CCN(C(=O)N2CCc3cc(C(=O)O)ccc32)C1. The molecule has 1 atom stereocenters. The molecule has 2 amide bonds. The molecule has 0 aromatic heterocycles. The van der Waals surface area contributed by atoms with E-state index >= 15 is 0 Å². The summed E-state index contributed by atoms with van der Waals surface area (Å²) in [5.74, 6) is -0.543. The number of hydrogen-bond donors (Lipinski definition) is 2.